The standard InChI is InChI=1S/C31H38N2O5S/c1-4-6-8-9-10-20-37-26-17-15-24(16-18-26)27-21-32-29(39-27)25-13-11-23(12-14-25)22(3)28(30(34)35)33-31(36)38-19-7-5-2/h11-18,21H,4-10,19-20H2,1-3H3,(H,33,36)(H,34,35). The summed E-state index contributed by atoms with van der Waals surface area (Å²) in [5, 5.41) is 12.9. The summed E-state index contributed by atoms with van der Waals surface area (Å²) in [6.07, 6.45) is 8.76. The maximum atomic E-state index is 12.0. The molecule has 1 heterocycles. The number of nitrogens with zero attached hydrogens (tertiary/aromatic N) is 1. The van der Waals surface area contributed by atoms with Gasteiger partial charge in [0.1, 0.15) is 16.5 Å². The van der Waals surface area contributed by atoms with Gasteiger partial charge < -0.3 is 14.6 Å². The van der Waals surface area contributed by atoms with Crippen LogP contribution >= 0.6 is 11.3 Å². The van der Waals surface area contributed by atoms with Gasteiger partial charge in [-0.05, 0) is 60.7 Å². The molecule has 0 aliphatic heterocycles. The highest BCUT2D eigenvalue weighted by Crippen LogP contribution is 2.33. The van der Waals surface area contributed by atoms with Gasteiger partial charge in [0.2, 0.25) is 0 Å². The summed E-state index contributed by atoms with van der Waals surface area (Å²) in [6, 6.07) is 15.6. The van der Waals surface area contributed by atoms with Gasteiger partial charge in [-0.25, -0.2) is 14.6 Å². The zero-order valence-electron chi connectivity index (χ0n) is 23.0. The van der Waals surface area contributed by atoms with Crippen LogP contribution in [0.3, 0.4) is 0 Å². The normalized spacial score (nSPS) is 11.6. The number of hydrogen-bond donors (Lipinski definition) is 2. The Hall–Kier alpha value is -3.65. The number of benzene rings is 2. The highest BCUT2D eigenvalue weighted by Gasteiger charge is 2.17. The third kappa shape index (κ3) is 9.25. The lowest BCUT2D eigenvalue weighted by atomic mass is 10.0. The predicted molar refractivity (Wildman–Crippen MR) is 157 cm³/mol. The molecule has 0 radical (unpaired) electrons. The number of alkyl carbamates (subject to hydrolysis) is 1. The van der Waals surface area contributed by atoms with Gasteiger partial charge in [0.25, 0.3) is 0 Å². The SMILES string of the molecule is CCCCCCCOc1ccc(-c2cnc(-c3ccc(C(C)=C(NC(=O)OCCCC)C(=O)O)cc3)s2)cc1. The maximum absolute atomic E-state index is 12.0. The van der Waals surface area contributed by atoms with Crippen LogP contribution in [0.15, 0.2) is 60.4 Å². The van der Waals surface area contributed by atoms with E-state index in [1.165, 1.54) is 25.7 Å². The lowest BCUT2D eigenvalue weighted by molar-refractivity contribution is -0.133. The minimum absolute atomic E-state index is 0.204. The molecule has 1 aromatic heterocycles. The number of hydrogen-bond acceptors (Lipinski definition) is 6. The first-order valence-corrected chi connectivity index (χ1v) is 14.4. The molecule has 0 atom stereocenters. The van der Waals surface area contributed by atoms with Crippen LogP contribution in [0.2, 0.25) is 0 Å². The minimum Gasteiger partial charge on any atom is -0.494 e. The fourth-order valence-electron chi connectivity index (χ4n) is 3.91. The van der Waals surface area contributed by atoms with Crippen molar-refractivity contribution in [1.29, 1.82) is 0 Å². The third-order valence-electron chi connectivity index (χ3n) is 6.27. The number of carbonyl (C=O) groups is 2. The van der Waals surface area contributed by atoms with E-state index in [-0.39, 0.29) is 12.3 Å². The van der Waals surface area contributed by atoms with Crippen LogP contribution in [0.4, 0.5) is 4.79 Å². The second kappa shape index (κ2) is 15.7. The van der Waals surface area contributed by atoms with Gasteiger partial charge in [0.15, 0.2) is 0 Å². The van der Waals surface area contributed by atoms with Gasteiger partial charge in [-0.3, -0.25) is 5.32 Å². The Morgan fingerprint density at radius 3 is 2.21 bits per heavy atom. The third-order valence-corrected chi connectivity index (χ3v) is 7.37. The maximum Gasteiger partial charge on any atom is 0.411 e. The number of aliphatic carboxylic acids is 1. The summed E-state index contributed by atoms with van der Waals surface area (Å²) in [5.74, 6) is -0.348. The van der Waals surface area contributed by atoms with Gasteiger partial charge in [0.05, 0.1) is 18.1 Å². The van der Waals surface area contributed by atoms with Crippen LogP contribution in [0.1, 0.15) is 71.3 Å². The van der Waals surface area contributed by atoms with E-state index >= 15 is 0 Å². The molecule has 2 aromatic carbocycles. The molecule has 3 rings (SSSR count). The highest BCUT2D eigenvalue weighted by atomic mass is 32.1. The van der Waals surface area contributed by atoms with Crippen molar-refractivity contribution in [3.8, 4) is 26.8 Å². The average molecular weight is 551 g/mol. The van der Waals surface area contributed by atoms with Gasteiger partial charge in [-0.15, -0.1) is 11.3 Å². The zero-order valence-corrected chi connectivity index (χ0v) is 23.8. The molecule has 0 saturated heterocycles. The van der Waals surface area contributed by atoms with Crippen LogP contribution in [0.5, 0.6) is 5.75 Å². The van der Waals surface area contributed by atoms with E-state index in [0.29, 0.717) is 11.1 Å². The van der Waals surface area contributed by atoms with Gasteiger partial charge in [0, 0.05) is 11.8 Å². The highest BCUT2D eigenvalue weighted by molar-refractivity contribution is 7.18. The van der Waals surface area contributed by atoms with E-state index in [2.05, 4.69) is 29.4 Å². The number of carboxylic acids is 1. The topological polar surface area (TPSA) is 97.8 Å². The molecule has 0 spiro atoms. The van der Waals surface area contributed by atoms with E-state index in [1.807, 2.05) is 49.5 Å². The zero-order chi connectivity index (χ0) is 28.0. The predicted octanol–water partition coefficient (Wildman–Crippen LogP) is 8.17. The molecule has 0 saturated carbocycles. The number of thiazole rings is 1. The van der Waals surface area contributed by atoms with Crippen molar-refractivity contribution in [2.45, 2.75) is 65.7 Å². The number of aromatic nitrogens is 1. The van der Waals surface area contributed by atoms with Crippen molar-refractivity contribution in [3.05, 3.63) is 66.0 Å². The fourth-order valence-corrected chi connectivity index (χ4v) is 4.84. The molecular weight excluding hydrogens is 512 g/mol. The Labute approximate surface area is 234 Å². The van der Waals surface area contributed by atoms with Gasteiger partial charge in [-0.2, -0.15) is 0 Å². The number of allylic oxidation sites excluding steroid dienone is 1. The van der Waals surface area contributed by atoms with Crippen molar-refractivity contribution < 1.29 is 24.2 Å². The summed E-state index contributed by atoms with van der Waals surface area (Å²) < 4.78 is 10.9. The van der Waals surface area contributed by atoms with Crippen LogP contribution in [0.25, 0.3) is 26.6 Å². The summed E-state index contributed by atoms with van der Waals surface area (Å²) in [7, 11) is 0. The molecule has 0 aliphatic carbocycles. The Morgan fingerprint density at radius 2 is 1.54 bits per heavy atom. The minimum atomic E-state index is -1.23. The smallest absolute Gasteiger partial charge is 0.411 e. The number of nitrogens with one attached hydrogen (secondary N) is 1. The molecule has 0 fully saturated rings. The molecule has 8 heteroatoms. The van der Waals surface area contributed by atoms with Crippen molar-refractivity contribution in [3.63, 3.8) is 0 Å². The fraction of sp³-hybridized carbons (Fsp3) is 0.387. The lowest BCUT2D eigenvalue weighted by Gasteiger charge is -2.11. The molecule has 1 amide bonds. The summed E-state index contributed by atoms with van der Waals surface area (Å²) >= 11 is 1.59. The number of rotatable bonds is 15. The molecule has 0 unspecified atom stereocenters. The number of unbranched alkanes of at least 4 members (excludes halogenated alkanes) is 5. The second-order valence-corrected chi connectivity index (χ2v) is 10.3. The van der Waals surface area contributed by atoms with Crippen molar-refractivity contribution in [2.75, 3.05) is 13.2 Å². The largest absolute Gasteiger partial charge is 0.494 e. The molecule has 7 nitrogen and oxygen atoms in total. The molecule has 0 bridgehead atoms. The Bertz CT molecular complexity index is 1230. The van der Waals surface area contributed by atoms with Crippen LogP contribution < -0.4 is 10.1 Å². The number of ether oxygens (including phenoxy) is 2. The van der Waals surface area contributed by atoms with E-state index < -0.39 is 12.1 Å². The van der Waals surface area contributed by atoms with Crippen molar-refractivity contribution >= 4 is 29.0 Å². The monoisotopic (exact) mass is 550 g/mol. The summed E-state index contributed by atoms with van der Waals surface area (Å²) in [5.41, 5.74) is 2.92. The molecule has 2 N–H and O–H groups in total. The Balaban J connectivity index is 1.63. The number of carboxylic acid groups (broad SMARTS) is 1. The molecule has 208 valence electrons. The first-order chi connectivity index (χ1) is 18.9. The first kappa shape index (κ1) is 29.9. The summed E-state index contributed by atoms with van der Waals surface area (Å²) in [6.45, 7) is 6.84. The Kier molecular flexibility index (Phi) is 12.0. The quantitative estimate of drug-likeness (QED) is 0.146. The molecule has 0 aliphatic rings. The van der Waals surface area contributed by atoms with E-state index in [4.69, 9.17) is 9.47 Å². The lowest BCUT2D eigenvalue weighted by Crippen LogP contribution is -2.29. The molecule has 3 aromatic rings. The molecule has 39 heavy (non-hydrogen) atoms. The van der Waals surface area contributed by atoms with Gasteiger partial charge >= 0.3 is 12.1 Å². The van der Waals surface area contributed by atoms with Gasteiger partial charge in [-0.1, -0.05) is 70.2 Å². The number of amides is 1. The average Bonchev–Trinajstić information content (AvgIpc) is 3.44. The second-order valence-electron chi connectivity index (χ2n) is 9.31. The summed E-state index contributed by atoms with van der Waals surface area (Å²) in [4.78, 5) is 29.4. The van der Waals surface area contributed by atoms with E-state index in [1.54, 1.807) is 18.3 Å². The molecular formula is C31H38N2O5S. The van der Waals surface area contributed by atoms with Crippen LogP contribution in [0, 0.1) is 0 Å². The first-order valence-electron chi connectivity index (χ1n) is 13.6. The van der Waals surface area contributed by atoms with E-state index in [9.17, 15) is 14.7 Å². The van der Waals surface area contributed by atoms with Crippen molar-refractivity contribution in [1.82, 2.24) is 10.3 Å². The Morgan fingerprint density at radius 1 is 0.872 bits per heavy atom. The van der Waals surface area contributed by atoms with Crippen LogP contribution in [-0.4, -0.2) is 35.4 Å². The number of carbonyl (C=O) groups excluding carboxylic acids is 1. The van der Waals surface area contributed by atoms with Crippen LogP contribution in [-0.2, 0) is 9.53 Å². The van der Waals surface area contributed by atoms with E-state index in [0.717, 1.165) is 52.6 Å². The van der Waals surface area contributed by atoms with Crippen molar-refractivity contribution in [2.24, 2.45) is 0 Å².